The number of aliphatic carboxylic acids is 1. The van der Waals surface area contributed by atoms with Gasteiger partial charge in [-0.2, -0.15) is 0 Å². The summed E-state index contributed by atoms with van der Waals surface area (Å²) in [5.41, 5.74) is 6.43. The fourth-order valence-electron chi connectivity index (χ4n) is 12.5. The standard InChI is InChI=1S/C36H59NO5/c1-21(2)22-12-17-36(29(37)39)19-18-34(8)23(28(22)36)10-11-25-33(7)15-14-26(42-27(38)20-31(3,4)30(40)41)32(5,6)24(33)13-16-35(25,34)9/h22-28,38H,1,10-20H2,2-9H3,(H2,37,39)(H,40,41)/t22-,23+,24-,25?,26-,27?,28+,33-,34+,35+,36-/m0/s1. The normalized spacial score (nSPS) is 46.9. The summed E-state index contributed by atoms with van der Waals surface area (Å²) in [5, 5.41) is 20.4. The largest absolute Gasteiger partial charge is 0.481 e. The highest BCUT2D eigenvalue weighted by molar-refractivity contribution is 5.82. The number of amides is 1. The SMILES string of the molecule is C=C(C)[C@@H]1CC[C@]2(C(N)=O)CC[C@]3(C)[C@H](CCC4[C@@]5(C)CC[C@H](OC(O)CC(C)(C)C(=O)O)C(C)(C)[C@@H]5CC[C@]43C)[C@@H]12. The molecule has 5 rings (SSSR count). The van der Waals surface area contributed by atoms with Crippen molar-refractivity contribution >= 4 is 11.9 Å². The third-order valence-corrected chi connectivity index (χ3v) is 15.1. The highest BCUT2D eigenvalue weighted by Crippen LogP contribution is 2.77. The van der Waals surface area contributed by atoms with Gasteiger partial charge < -0.3 is 20.7 Å². The van der Waals surface area contributed by atoms with E-state index in [4.69, 9.17) is 10.5 Å². The smallest absolute Gasteiger partial charge is 0.309 e. The molecule has 6 nitrogen and oxygen atoms in total. The summed E-state index contributed by atoms with van der Waals surface area (Å²) in [6.07, 6.45) is 9.43. The number of ether oxygens (including phenoxy) is 1. The molecular weight excluding hydrogens is 526 g/mol. The summed E-state index contributed by atoms with van der Waals surface area (Å²) in [6, 6.07) is 0. The Balaban J connectivity index is 1.42. The summed E-state index contributed by atoms with van der Waals surface area (Å²) in [5.74, 6) is 1.25. The van der Waals surface area contributed by atoms with Gasteiger partial charge in [0.25, 0.3) is 0 Å². The van der Waals surface area contributed by atoms with E-state index in [0.717, 1.165) is 51.4 Å². The fraction of sp³-hybridized carbons (Fsp3) is 0.889. The number of fused-ring (bicyclic) bond motifs is 7. The molecule has 0 spiro atoms. The zero-order chi connectivity index (χ0) is 31.3. The summed E-state index contributed by atoms with van der Waals surface area (Å²) in [6.45, 7) is 22.2. The average molecular weight is 586 g/mol. The minimum atomic E-state index is -1.09. The van der Waals surface area contributed by atoms with Gasteiger partial charge in [0.15, 0.2) is 6.29 Å². The van der Waals surface area contributed by atoms with Gasteiger partial charge in [-0.1, -0.05) is 46.8 Å². The van der Waals surface area contributed by atoms with Crippen LogP contribution in [-0.2, 0) is 14.3 Å². The van der Waals surface area contributed by atoms with Crippen LogP contribution in [0.5, 0.6) is 0 Å². The number of rotatable bonds is 7. The van der Waals surface area contributed by atoms with Crippen molar-refractivity contribution in [2.75, 3.05) is 0 Å². The Morgan fingerprint density at radius 3 is 2.19 bits per heavy atom. The third kappa shape index (κ3) is 4.30. The van der Waals surface area contributed by atoms with Gasteiger partial charge in [0, 0.05) is 6.42 Å². The highest BCUT2D eigenvalue weighted by Gasteiger charge is 2.71. The van der Waals surface area contributed by atoms with Crippen LogP contribution < -0.4 is 5.73 Å². The van der Waals surface area contributed by atoms with Crippen molar-refractivity contribution in [2.45, 2.75) is 138 Å². The summed E-state index contributed by atoms with van der Waals surface area (Å²) < 4.78 is 6.31. The van der Waals surface area contributed by atoms with Gasteiger partial charge in [0.05, 0.1) is 16.9 Å². The molecule has 42 heavy (non-hydrogen) atoms. The number of aliphatic hydroxyl groups excluding tert-OH is 1. The zero-order valence-electron chi connectivity index (χ0n) is 27.7. The number of hydrogen-bond acceptors (Lipinski definition) is 4. The van der Waals surface area contributed by atoms with E-state index < -0.39 is 17.7 Å². The fourth-order valence-corrected chi connectivity index (χ4v) is 12.5. The van der Waals surface area contributed by atoms with Crippen LogP contribution in [0, 0.1) is 62.1 Å². The van der Waals surface area contributed by atoms with Gasteiger partial charge in [-0.25, -0.2) is 0 Å². The Kier molecular flexibility index (Phi) is 7.66. The first-order chi connectivity index (χ1) is 19.3. The van der Waals surface area contributed by atoms with Gasteiger partial charge in [0.2, 0.25) is 5.91 Å². The first kappa shape index (κ1) is 32.0. The van der Waals surface area contributed by atoms with E-state index in [1.54, 1.807) is 13.8 Å². The number of aliphatic hydroxyl groups is 1. The maximum atomic E-state index is 13.1. The maximum Gasteiger partial charge on any atom is 0.309 e. The van der Waals surface area contributed by atoms with Crippen molar-refractivity contribution in [3.63, 3.8) is 0 Å². The molecule has 238 valence electrons. The molecule has 11 atom stereocenters. The second kappa shape index (κ2) is 10.1. The Labute approximate surface area is 254 Å². The molecule has 1 amide bonds. The molecule has 0 saturated heterocycles. The minimum Gasteiger partial charge on any atom is -0.481 e. The van der Waals surface area contributed by atoms with Crippen molar-refractivity contribution in [1.82, 2.24) is 0 Å². The van der Waals surface area contributed by atoms with E-state index in [-0.39, 0.29) is 45.5 Å². The molecule has 0 radical (unpaired) electrons. The van der Waals surface area contributed by atoms with Crippen LogP contribution in [0.1, 0.15) is 126 Å². The topological polar surface area (TPSA) is 110 Å². The van der Waals surface area contributed by atoms with E-state index in [1.165, 1.54) is 18.4 Å². The van der Waals surface area contributed by atoms with E-state index in [0.29, 0.717) is 29.6 Å². The molecule has 0 bridgehead atoms. The maximum absolute atomic E-state index is 13.1. The molecule has 0 aliphatic heterocycles. The van der Waals surface area contributed by atoms with Crippen LogP contribution in [0.3, 0.4) is 0 Å². The van der Waals surface area contributed by atoms with Gasteiger partial charge in [-0.3, -0.25) is 9.59 Å². The van der Waals surface area contributed by atoms with E-state index in [2.05, 4.69) is 48.1 Å². The number of carboxylic acid groups (broad SMARTS) is 1. The van der Waals surface area contributed by atoms with Crippen molar-refractivity contribution in [2.24, 2.45) is 67.8 Å². The monoisotopic (exact) mass is 585 g/mol. The molecule has 6 heteroatoms. The van der Waals surface area contributed by atoms with Crippen LogP contribution in [0.25, 0.3) is 0 Å². The lowest BCUT2D eigenvalue weighted by Gasteiger charge is -2.73. The molecule has 0 aromatic heterocycles. The van der Waals surface area contributed by atoms with Crippen molar-refractivity contribution in [3.05, 3.63) is 12.2 Å². The Bertz CT molecular complexity index is 1130. The van der Waals surface area contributed by atoms with Gasteiger partial charge in [-0.15, -0.1) is 0 Å². The number of nitrogens with two attached hydrogens (primary N) is 1. The van der Waals surface area contributed by atoms with Crippen molar-refractivity contribution < 1.29 is 24.5 Å². The molecule has 0 aromatic carbocycles. The second-order valence-corrected chi connectivity index (χ2v) is 17.5. The Hall–Kier alpha value is -1.40. The number of carboxylic acids is 1. The van der Waals surface area contributed by atoms with E-state index in [1.807, 2.05) is 0 Å². The predicted octanol–water partition coefficient (Wildman–Crippen LogP) is 7.33. The number of carbonyl (C=O) groups is 2. The number of primary amides is 1. The molecule has 5 saturated carbocycles. The Morgan fingerprint density at radius 2 is 1.60 bits per heavy atom. The number of hydrogen-bond donors (Lipinski definition) is 3. The molecule has 4 N–H and O–H groups in total. The first-order valence-corrected chi connectivity index (χ1v) is 16.8. The number of carbonyl (C=O) groups excluding carboxylic acids is 1. The molecule has 0 aromatic rings. The average Bonchev–Trinajstić information content (AvgIpc) is 3.27. The zero-order valence-corrected chi connectivity index (χ0v) is 27.7. The molecule has 5 aliphatic carbocycles. The molecule has 5 fully saturated rings. The second-order valence-electron chi connectivity index (χ2n) is 17.5. The van der Waals surface area contributed by atoms with Crippen LogP contribution in [0.2, 0.25) is 0 Å². The molecule has 2 unspecified atom stereocenters. The predicted molar refractivity (Wildman–Crippen MR) is 165 cm³/mol. The van der Waals surface area contributed by atoms with Crippen LogP contribution in [-0.4, -0.2) is 34.5 Å². The van der Waals surface area contributed by atoms with Crippen molar-refractivity contribution in [3.8, 4) is 0 Å². The van der Waals surface area contributed by atoms with E-state index in [9.17, 15) is 19.8 Å². The Morgan fingerprint density at radius 1 is 0.929 bits per heavy atom. The summed E-state index contributed by atoms with van der Waals surface area (Å²) in [4.78, 5) is 24.8. The van der Waals surface area contributed by atoms with Crippen molar-refractivity contribution in [1.29, 1.82) is 0 Å². The molecule has 5 aliphatic rings. The minimum absolute atomic E-state index is 0.0738. The van der Waals surface area contributed by atoms with Crippen LogP contribution in [0.4, 0.5) is 0 Å². The first-order valence-electron chi connectivity index (χ1n) is 16.8. The third-order valence-electron chi connectivity index (χ3n) is 15.1. The van der Waals surface area contributed by atoms with Gasteiger partial charge in [0.1, 0.15) is 0 Å². The number of allylic oxidation sites excluding steroid dienone is 1. The summed E-state index contributed by atoms with van der Waals surface area (Å²) >= 11 is 0. The van der Waals surface area contributed by atoms with Gasteiger partial charge >= 0.3 is 5.97 Å². The molecule has 0 heterocycles. The van der Waals surface area contributed by atoms with Gasteiger partial charge in [-0.05, 0) is 136 Å². The highest BCUT2D eigenvalue weighted by atomic mass is 16.6. The van der Waals surface area contributed by atoms with Crippen LogP contribution in [0.15, 0.2) is 12.2 Å². The van der Waals surface area contributed by atoms with Crippen LogP contribution >= 0.6 is 0 Å². The van der Waals surface area contributed by atoms with E-state index >= 15 is 0 Å². The lowest BCUT2D eigenvalue weighted by molar-refractivity contribution is -0.266. The lowest BCUT2D eigenvalue weighted by Crippen LogP contribution is -2.67. The quantitative estimate of drug-likeness (QED) is 0.214. The molecular formula is C36H59NO5. The lowest BCUT2D eigenvalue weighted by atomic mass is 9.32. The summed E-state index contributed by atoms with van der Waals surface area (Å²) in [7, 11) is 0.